The maximum Gasteiger partial charge on any atom is 0.438 e. The highest BCUT2D eigenvalue weighted by atomic mass is 35.5. The van der Waals surface area contributed by atoms with Crippen molar-refractivity contribution < 1.29 is 17.7 Å². The van der Waals surface area contributed by atoms with Gasteiger partial charge in [0.2, 0.25) is 0 Å². The van der Waals surface area contributed by atoms with Crippen LogP contribution in [0.5, 0.6) is 0 Å². The maximum atomic E-state index is 12.6. The molecule has 2 aromatic rings. The minimum absolute atomic E-state index is 0.0471. The monoisotopic (exact) mass is 278 g/mol. The van der Waals surface area contributed by atoms with Gasteiger partial charge in [0, 0.05) is 6.42 Å². The lowest BCUT2D eigenvalue weighted by Crippen LogP contribution is -2.07. The van der Waals surface area contributed by atoms with Crippen molar-refractivity contribution in [2.45, 2.75) is 12.6 Å². The van der Waals surface area contributed by atoms with Gasteiger partial charge < -0.3 is 0 Å². The molecule has 18 heavy (non-hydrogen) atoms. The Labute approximate surface area is 103 Å². The van der Waals surface area contributed by atoms with Crippen molar-refractivity contribution in [2.24, 2.45) is 0 Å². The van der Waals surface area contributed by atoms with Crippen LogP contribution in [0.25, 0.3) is 0 Å². The second-order valence-corrected chi connectivity index (χ2v) is 3.87. The number of rotatable bonds is 2. The van der Waals surface area contributed by atoms with Gasteiger partial charge in [0.05, 0.1) is 10.6 Å². The zero-order valence-electron chi connectivity index (χ0n) is 8.71. The van der Waals surface area contributed by atoms with E-state index in [0.29, 0.717) is 0 Å². The topological polar surface area (TPSA) is 58.9 Å². The number of nitrogens with one attached hydrogen (secondary N) is 1. The van der Waals surface area contributed by atoms with Gasteiger partial charge in [0.25, 0.3) is 0 Å². The summed E-state index contributed by atoms with van der Waals surface area (Å²) in [6.45, 7) is 0. The SMILES string of the molecule is O=c1[nH]c(Cc2cccc(C(F)(F)F)c2Cl)no1. The molecule has 0 atom stereocenters. The van der Waals surface area contributed by atoms with Crippen LogP contribution in [0.4, 0.5) is 13.2 Å². The van der Waals surface area contributed by atoms with Crippen molar-refractivity contribution in [1.29, 1.82) is 0 Å². The number of aromatic amines is 1. The summed E-state index contributed by atoms with van der Waals surface area (Å²) in [5, 5.41) is 2.95. The van der Waals surface area contributed by atoms with Crippen LogP contribution in [0.3, 0.4) is 0 Å². The summed E-state index contributed by atoms with van der Waals surface area (Å²) < 4.78 is 42.0. The van der Waals surface area contributed by atoms with E-state index in [1.807, 2.05) is 0 Å². The van der Waals surface area contributed by atoms with Crippen molar-refractivity contribution in [3.05, 3.63) is 50.7 Å². The molecule has 0 spiro atoms. The van der Waals surface area contributed by atoms with Crippen LogP contribution in [-0.4, -0.2) is 10.1 Å². The van der Waals surface area contributed by atoms with E-state index in [0.717, 1.165) is 6.07 Å². The largest absolute Gasteiger partial charge is 0.438 e. The first-order chi connectivity index (χ1) is 8.38. The number of nitrogens with zero attached hydrogens (tertiary/aromatic N) is 1. The van der Waals surface area contributed by atoms with E-state index in [1.54, 1.807) is 0 Å². The quantitative estimate of drug-likeness (QED) is 0.918. The van der Waals surface area contributed by atoms with Crippen molar-refractivity contribution in [3.63, 3.8) is 0 Å². The first-order valence-electron chi connectivity index (χ1n) is 4.77. The van der Waals surface area contributed by atoms with E-state index >= 15 is 0 Å². The van der Waals surface area contributed by atoms with Gasteiger partial charge in [-0.3, -0.25) is 9.51 Å². The van der Waals surface area contributed by atoms with Crippen LogP contribution in [0.2, 0.25) is 5.02 Å². The Bertz CT molecular complexity index is 618. The first-order valence-corrected chi connectivity index (χ1v) is 5.15. The molecule has 4 nitrogen and oxygen atoms in total. The summed E-state index contributed by atoms with van der Waals surface area (Å²) in [5.41, 5.74) is -0.719. The molecule has 0 fully saturated rings. The van der Waals surface area contributed by atoms with Gasteiger partial charge in [-0.05, 0) is 11.6 Å². The Hall–Kier alpha value is -1.76. The van der Waals surface area contributed by atoms with E-state index in [9.17, 15) is 18.0 Å². The average Bonchev–Trinajstić information content (AvgIpc) is 2.65. The van der Waals surface area contributed by atoms with Crippen molar-refractivity contribution >= 4 is 11.6 Å². The standard InChI is InChI=1S/C10H6ClF3N2O2/c11-8-5(4-7-15-9(17)18-16-7)2-1-3-6(8)10(12,13)14/h1-3H,4H2,(H,15,16,17). The Morgan fingerprint density at radius 1 is 1.39 bits per heavy atom. The molecular formula is C10H6ClF3N2O2. The lowest BCUT2D eigenvalue weighted by Gasteiger charge is -2.11. The molecule has 0 unspecified atom stereocenters. The third-order valence-corrected chi connectivity index (χ3v) is 2.67. The molecule has 8 heteroatoms. The average molecular weight is 279 g/mol. The van der Waals surface area contributed by atoms with E-state index in [2.05, 4.69) is 14.7 Å². The fourth-order valence-corrected chi connectivity index (χ4v) is 1.75. The van der Waals surface area contributed by atoms with Crippen LogP contribution >= 0.6 is 11.6 Å². The number of benzene rings is 1. The van der Waals surface area contributed by atoms with Gasteiger partial charge in [0.1, 0.15) is 0 Å². The lowest BCUT2D eigenvalue weighted by atomic mass is 10.1. The summed E-state index contributed by atoms with van der Waals surface area (Å²) in [6, 6.07) is 3.55. The van der Waals surface area contributed by atoms with Gasteiger partial charge in [-0.15, -0.1) is 0 Å². The smallest absolute Gasteiger partial charge is 0.296 e. The molecule has 0 aliphatic carbocycles. The molecule has 1 aromatic heterocycles. The van der Waals surface area contributed by atoms with Crippen molar-refractivity contribution in [2.75, 3.05) is 0 Å². The summed E-state index contributed by atoms with van der Waals surface area (Å²) >= 11 is 5.68. The third-order valence-electron chi connectivity index (χ3n) is 2.23. The molecule has 96 valence electrons. The summed E-state index contributed by atoms with van der Waals surface area (Å²) in [7, 11) is 0. The number of aromatic nitrogens is 2. The number of hydrogen-bond acceptors (Lipinski definition) is 3. The fraction of sp³-hybridized carbons (Fsp3) is 0.200. The maximum absolute atomic E-state index is 12.6. The molecular weight excluding hydrogens is 273 g/mol. The molecule has 0 radical (unpaired) electrons. The summed E-state index contributed by atoms with van der Waals surface area (Å²) in [4.78, 5) is 12.9. The molecule has 0 aliphatic heterocycles. The normalized spacial score (nSPS) is 11.8. The van der Waals surface area contributed by atoms with Gasteiger partial charge in [-0.25, -0.2) is 4.79 Å². The summed E-state index contributed by atoms with van der Waals surface area (Å²) in [5.74, 6) is -0.658. The van der Waals surface area contributed by atoms with Gasteiger partial charge in [0.15, 0.2) is 5.82 Å². The predicted molar refractivity (Wildman–Crippen MR) is 56.4 cm³/mol. The second kappa shape index (κ2) is 4.49. The molecule has 0 saturated heterocycles. The molecule has 0 saturated carbocycles. The number of halogens is 4. The van der Waals surface area contributed by atoms with Gasteiger partial charge >= 0.3 is 11.9 Å². The van der Waals surface area contributed by atoms with E-state index in [1.165, 1.54) is 12.1 Å². The predicted octanol–water partition coefficient (Wildman–Crippen LogP) is 2.63. The number of alkyl halides is 3. The Morgan fingerprint density at radius 2 is 2.11 bits per heavy atom. The minimum atomic E-state index is -4.52. The van der Waals surface area contributed by atoms with Crippen LogP contribution in [0, 0.1) is 0 Å². The number of hydrogen-bond donors (Lipinski definition) is 1. The molecule has 1 heterocycles. The van der Waals surface area contributed by atoms with Crippen LogP contribution in [0.1, 0.15) is 17.0 Å². The molecule has 0 bridgehead atoms. The van der Waals surface area contributed by atoms with Crippen LogP contribution in [-0.2, 0) is 12.6 Å². The molecule has 1 N–H and O–H groups in total. The van der Waals surface area contributed by atoms with Crippen LogP contribution in [0.15, 0.2) is 27.5 Å². The van der Waals surface area contributed by atoms with Gasteiger partial charge in [-0.2, -0.15) is 13.2 Å². The van der Waals surface area contributed by atoms with E-state index in [-0.39, 0.29) is 17.8 Å². The lowest BCUT2D eigenvalue weighted by molar-refractivity contribution is -0.137. The Balaban J connectivity index is 2.38. The van der Waals surface area contributed by atoms with E-state index < -0.39 is 22.5 Å². The summed E-state index contributed by atoms with van der Waals surface area (Å²) in [6.07, 6.45) is -4.57. The van der Waals surface area contributed by atoms with Gasteiger partial charge in [-0.1, -0.05) is 28.9 Å². The fourth-order valence-electron chi connectivity index (χ4n) is 1.45. The highest BCUT2D eigenvalue weighted by molar-refractivity contribution is 6.32. The third kappa shape index (κ3) is 2.56. The molecule has 1 aromatic carbocycles. The molecule has 0 amide bonds. The zero-order valence-corrected chi connectivity index (χ0v) is 9.47. The van der Waals surface area contributed by atoms with Crippen molar-refractivity contribution in [3.8, 4) is 0 Å². The highest BCUT2D eigenvalue weighted by Gasteiger charge is 2.33. The first kappa shape index (κ1) is 12.7. The number of H-pyrrole nitrogens is 1. The second-order valence-electron chi connectivity index (χ2n) is 3.49. The minimum Gasteiger partial charge on any atom is -0.296 e. The Morgan fingerprint density at radius 3 is 2.67 bits per heavy atom. The molecule has 2 rings (SSSR count). The molecule has 0 aliphatic rings. The van der Waals surface area contributed by atoms with E-state index in [4.69, 9.17) is 11.6 Å². The highest BCUT2D eigenvalue weighted by Crippen LogP contribution is 2.36. The zero-order chi connectivity index (χ0) is 13.3. The Kier molecular flexibility index (Phi) is 3.16. The van der Waals surface area contributed by atoms with Crippen molar-refractivity contribution in [1.82, 2.24) is 10.1 Å². The van der Waals surface area contributed by atoms with Crippen LogP contribution < -0.4 is 5.76 Å².